The molecule has 0 spiro atoms. The molecule has 0 radical (unpaired) electrons. The molecular weight excluding hydrogens is 214 g/mol. The van der Waals surface area contributed by atoms with E-state index in [-0.39, 0.29) is 0 Å². The van der Waals surface area contributed by atoms with Crippen molar-refractivity contribution in [1.29, 1.82) is 0 Å². The zero-order valence-corrected chi connectivity index (χ0v) is 11.0. The van der Waals surface area contributed by atoms with E-state index in [9.17, 15) is 0 Å². The Labute approximate surface area is 103 Å². The van der Waals surface area contributed by atoms with Crippen LogP contribution in [0, 0.1) is 13.8 Å². The zero-order chi connectivity index (χ0) is 12.3. The average molecular weight is 237 g/mol. The van der Waals surface area contributed by atoms with E-state index in [1.54, 1.807) is 0 Å². The number of hydrogen-bond donors (Lipinski definition) is 2. The van der Waals surface area contributed by atoms with Crippen molar-refractivity contribution in [3.63, 3.8) is 0 Å². The Hall–Kier alpha value is -0.870. The maximum absolute atomic E-state index is 5.55. The van der Waals surface area contributed by atoms with Crippen molar-refractivity contribution in [2.75, 3.05) is 6.54 Å². The molecule has 0 aromatic carbocycles. The second-order valence-electron chi connectivity index (χ2n) is 5.06. The predicted octanol–water partition coefficient (Wildman–Crippen LogP) is 1.91. The summed E-state index contributed by atoms with van der Waals surface area (Å²) in [7, 11) is 0. The van der Waals surface area contributed by atoms with E-state index >= 15 is 0 Å². The van der Waals surface area contributed by atoms with Crippen LogP contribution in [-0.2, 0) is 6.54 Å². The molecule has 0 aliphatic carbocycles. The van der Waals surface area contributed by atoms with Crippen LogP contribution in [0.3, 0.4) is 0 Å². The molecular formula is C13H23N3O. The normalized spacial score (nSPS) is 21.9. The van der Waals surface area contributed by atoms with Gasteiger partial charge in [-0.15, -0.1) is 0 Å². The summed E-state index contributed by atoms with van der Waals surface area (Å²) in [6, 6.07) is 1.18. The number of nitrogens with zero attached hydrogens (tertiary/aromatic N) is 1. The van der Waals surface area contributed by atoms with Gasteiger partial charge in [-0.25, -0.2) is 4.98 Å². The van der Waals surface area contributed by atoms with Crippen molar-refractivity contribution in [1.82, 2.24) is 15.6 Å². The quantitative estimate of drug-likeness (QED) is 0.821. The van der Waals surface area contributed by atoms with Gasteiger partial charge in [-0.2, -0.15) is 0 Å². The minimum Gasteiger partial charge on any atom is -0.444 e. The number of aromatic nitrogens is 1. The summed E-state index contributed by atoms with van der Waals surface area (Å²) in [4.78, 5) is 4.37. The van der Waals surface area contributed by atoms with Crippen molar-refractivity contribution in [2.24, 2.45) is 0 Å². The van der Waals surface area contributed by atoms with Crippen LogP contribution in [-0.4, -0.2) is 23.6 Å². The highest BCUT2D eigenvalue weighted by molar-refractivity contribution is 5.05. The summed E-state index contributed by atoms with van der Waals surface area (Å²) in [6.45, 7) is 8.06. The molecule has 96 valence electrons. The molecule has 0 bridgehead atoms. The summed E-state index contributed by atoms with van der Waals surface area (Å²) in [6.07, 6.45) is 3.80. The third-order valence-corrected chi connectivity index (χ3v) is 3.48. The van der Waals surface area contributed by atoms with E-state index in [1.807, 2.05) is 13.8 Å². The summed E-state index contributed by atoms with van der Waals surface area (Å²) in [5, 5.41) is 6.99. The summed E-state index contributed by atoms with van der Waals surface area (Å²) in [5.41, 5.74) is 0.993. The second kappa shape index (κ2) is 5.65. The molecule has 4 nitrogen and oxygen atoms in total. The monoisotopic (exact) mass is 237 g/mol. The van der Waals surface area contributed by atoms with Gasteiger partial charge < -0.3 is 15.1 Å². The number of oxazole rings is 1. The fraction of sp³-hybridized carbons (Fsp3) is 0.769. The minimum absolute atomic E-state index is 0.498. The van der Waals surface area contributed by atoms with Crippen molar-refractivity contribution in [3.8, 4) is 0 Å². The first-order valence-corrected chi connectivity index (χ1v) is 6.55. The van der Waals surface area contributed by atoms with Gasteiger partial charge in [0.1, 0.15) is 5.76 Å². The largest absolute Gasteiger partial charge is 0.444 e. The standard InChI is InChI=1S/C13H23N3O/c1-9(7-12-5-4-6-14-12)15-8-13-16-10(2)11(3)17-13/h9,12,14-15H,4-8H2,1-3H3. The molecule has 2 unspecified atom stereocenters. The van der Waals surface area contributed by atoms with Crippen LogP contribution < -0.4 is 10.6 Å². The topological polar surface area (TPSA) is 50.1 Å². The van der Waals surface area contributed by atoms with Crippen LogP contribution in [0.25, 0.3) is 0 Å². The predicted molar refractivity (Wildman–Crippen MR) is 67.9 cm³/mol. The average Bonchev–Trinajstić information content (AvgIpc) is 2.87. The highest BCUT2D eigenvalue weighted by atomic mass is 16.4. The molecule has 0 saturated carbocycles. The van der Waals surface area contributed by atoms with Gasteiger partial charge in [0.2, 0.25) is 5.89 Å². The minimum atomic E-state index is 0.498. The van der Waals surface area contributed by atoms with E-state index in [0.29, 0.717) is 12.1 Å². The van der Waals surface area contributed by atoms with E-state index in [4.69, 9.17) is 4.42 Å². The Balaban J connectivity index is 1.73. The van der Waals surface area contributed by atoms with Gasteiger partial charge in [0.15, 0.2) is 0 Å². The van der Waals surface area contributed by atoms with E-state index < -0.39 is 0 Å². The maximum atomic E-state index is 5.55. The summed E-state index contributed by atoms with van der Waals surface area (Å²) in [5.74, 6) is 1.72. The molecule has 2 rings (SSSR count). The van der Waals surface area contributed by atoms with Crippen molar-refractivity contribution in [2.45, 2.75) is 58.7 Å². The van der Waals surface area contributed by atoms with Crippen LogP contribution in [0.5, 0.6) is 0 Å². The third kappa shape index (κ3) is 3.54. The van der Waals surface area contributed by atoms with Gasteiger partial charge in [-0.3, -0.25) is 0 Å². The lowest BCUT2D eigenvalue weighted by molar-refractivity contribution is 0.397. The van der Waals surface area contributed by atoms with Gasteiger partial charge in [0, 0.05) is 12.1 Å². The van der Waals surface area contributed by atoms with Crippen molar-refractivity contribution >= 4 is 0 Å². The van der Waals surface area contributed by atoms with Crippen LogP contribution in [0.2, 0.25) is 0 Å². The van der Waals surface area contributed by atoms with Crippen LogP contribution in [0.1, 0.15) is 43.5 Å². The molecule has 1 aliphatic rings. The molecule has 2 heterocycles. The molecule has 1 aliphatic heterocycles. The van der Waals surface area contributed by atoms with Crippen molar-refractivity contribution in [3.05, 3.63) is 17.3 Å². The van der Waals surface area contributed by atoms with Gasteiger partial charge in [0.05, 0.1) is 12.2 Å². The molecule has 1 saturated heterocycles. The molecule has 0 amide bonds. The van der Waals surface area contributed by atoms with E-state index in [0.717, 1.165) is 23.9 Å². The Morgan fingerprint density at radius 3 is 2.94 bits per heavy atom. The van der Waals surface area contributed by atoms with Crippen LogP contribution in [0.4, 0.5) is 0 Å². The van der Waals surface area contributed by atoms with E-state index in [1.165, 1.54) is 25.8 Å². The number of hydrogen-bond acceptors (Lipinski definition) is 4. The molecule has 1 aromatic heterocycles. The first-order chi connectivity index (χ1) is 8.15. The molecule has 17 heavy (non-hydrogen) atoms. The number of rotatable bonds is 5. The molecule has 1 fully saturated rings. The van der Waals surface area contributed by atoms with Crippen LogP contribution >= 0.6 is 0 Å². The highest BCUT2D eigenvalue weighted by Gasteiger charge is 2.17. The molecule has 1 aromatic rings. The highest BCUT2D eigenvalue weighted by Crippen LogP contribution is 2.12. The zero-order valence-electron chi connectivity index (χ0n) is 11.0. The van der Waals surface area contributed by atoms with Gasteiger partial charge >= 0.3 is 0 Å². The van der Waals surface area contributed by atoms with Gasteiger partial charge in [-0.1, -0.05) is 0 Å². The smallest absolute Gasteiger partial charge is 0.208 e. The fourth-order valence-electron chi connectivity index (χ4n) is 2.34. The Bertz CT molecular complexity index is 336. The van der Waals surface area contributed by atoms with Crippen molar-refractivity contribution < 1.29 is 4.42 Å². The Kier molecular flexibility index (Phi) is 4.18. The summed E-state index contributed by atoms with van der Waals surface area (Å²) < 4.78 is 5.55. The molecule has 2 atom stereocenters. The lowest BCUT2D eigenvalue weighted by Gasteiger charge is -2.17. The number of nitrogens with one attached hydrogen (secondary N) is 2. The second-order valence-corrected chi connectivity index (χ2v) is 5.06. The third-order valence-electron chi connectivity index (χ3n) is 3.48. The first kappa shape index (κ1) is 12.6. The number of aryl methyl sites for hydroxylation is 2. The lowest BCUT2D eigenvalue weighted by Crippen LogP contribution is -2.33. The SMILES string of the molecule is Cc1nc(CNC(C)CC2CCCN2)oc1C. The molecule has 2 N–H and O–H groups in total. The molecule has 4 heteroatoms. The van der Waals surface area contributed by atoms with Gasteiger partial charge in [0.25, 0.3) is 0 Å². The van der Waals surface area contributed by atoms with Gasteiger partial charge in [-0.05, 0) is 46.6 Å². The van der Waals surface area contributed by atoms with E-state index in [2.05, 4.69) is 22.5 Å². The Morgan fingerprint density at radius 1 is 1.53 bits per heavy atom. The fourth-order valence-corrected chi connectivity index (χ4v) is 2.34. The lowest BCUT2D eigenvalue weighted by atomic mass is 10.1. The first-order valence-electron chi connectivity index (χ1n) is 6.55. The Morgan fingerprint density at radius 2 is 2.35 bits per heavy atom. The summed E-state index contributed by atoms with van der Waals surface area (Å²) >= 11 is 0. The maximum Gasteiger partial charge on any atom is 0.208 e. The van der Waals surface area contributed by atoms with Crippen LogP contribution in [0.15, 0.2) is 4.42 Å².